The maximum Gasteiger partial charge on any atom is 0.338 e. The molecule has 0 saturated heterocycles. The van der Waals surface area contributed by atoms with E-state index in [-0.39, 0.29) is 23.3 Å². The highest BCUT2D eigenvalue weighted by Crippen LogP contribution is 2.24. The monoisotopic (exact) mass is 264 g/mol. The number of aromatic carboxylic acids is 1. The van der Waals surface area contributed by atoms with Crippen LogP contribution in [0.25, 0.3) is 0 Å². The smallest absolute Gasteiger partial charge is 0.338 e. The van der Waals surface area contributed by atoms with Crippen LogP contribution >= 0.6 is 0 Å². The molecule has 2 unspecified atom stereocenters. The Bertz CT molecular complexity index is 489. The number of aliphatic hydroxyl groups is 1. The summed E-state index contributed by atoms with van der Waals surface area (Å²) in [5, 5.41) is 21.1. The Morgan fingerprint density at radius 3 is 2.84 bits per heavy atom. The van der Waals surface area contributed by atoms with Gasteiger partial charge in [-0.15, -0.1) is 0 Å². The molecule has 0 spiro atoms. The predicted molar refractivity (Wildman–Crippen MR) is 66.9 cm³/mol. The quantitative estimate of drug-likeness (QED) is 0.742. The third-order valence-electron chi connectivity index (χ3n) is 3.32. The molecule has 1 aliphatic carbocycles. The topological polar surface area (TPSA) is 99.5 Å². The minimum absolute atomic E-state index is 0.0754. The van der Waals surface area contributed by atoms with Crippen molar-refractivity contribution in [3.05, 3.63) is 29.6 Å². The first-order valence-corrected chi connectivity index (χ1v) is 6.22. The number of carboxylic acids is 1. The van der Waals surface area contributed by atoms with Crippen LogP contribution in [0, 0.1) is 5.92 Å². The number of nitrogens with one attached hydrogen (secondary N) is 1. The van der Waals surface area contributed by atoms with Gasteiger partial charge in [0.15, 0.2) is 0 Å². The SMILES string of the molecule is O=C(O)c1cccnc1C(=O)NCC1CCC(O)C1. The van der Waals surface area contributed by atoms with Gasteiger partial charge in [0.05, 0.1) is 11.7 Å². The third-order valence-corrected chi connectivity index (χ3v) is 3.32. The minimum atomic E-state index is -1.17. The van der Waals surface area contributed by atoms with Crippen molar-refractivity contribution in [2.75, 3.05) is 6.54 Å². The van der Waals surface area contributed by atoms with Crippen LogP contribution in [-0.4, -0.2) is 39.7 Å². The zero-order chi connectivity index (χ0) is 13.8. The van der Waals surface area contributed by atoms with Gasteiger partial charge in [0.1, 0.15) is 5.69 Å². The summed E-state index contributed by atoms with van der Waals surface area (Å²) >= 11 is 0. The van der Waals surface area contributed by atoms with Crippen molar-refractivity contribution in [3.8, 4) is 0 Å². The number of carbonyl (C=O) groups is 2. The Hall–Kier alpha value is -1.95. The number of pyridine rings is 1. The van der Waals surface area contributed by atoms with Crippen molar-refractivity contribution >= 4 is 11.9 Å². The molecule has 2 rings (SSSR count). The number of hydrogen-bond donors (Lipinski definition) is 3. The molecule has 19 heavy (non-hydrogen) atoms. The molecule has 0 bridgehead atoms. The fraction of sp³-hybridized carbons (Fsp3) is 0.462. The molecule has 1 amide bonds. The van der Waals surface area contributed by atoms with E-state index in [4.69, 9.17) is 5.11 Å². The number of nitrogens with zero attached hydrogens (tertiary/aromatic N) is 1. The molecule has 1 heterocycles. The lowest BCUT2D eigenvalue weighted by atomic mass is 10.1. The number of carboxylic acid groups (broad SMARTS) is 1. The number of aromatic nitrogens is 1. The van der Waals surface area contributed by atoms with E-state index < -0.39 is 11.9 Å². The molecule has 2 atom stereocenters. The summed E-state index contributed by atoms with van der Waals surface area (Å²) in [6.45, 7) is 0.436. The fourth-order valence-corrected chi connectivity index (χ4v) is 2.31. The van der Waals surface area contributed by atoms with E-state index in [2.05, 4.69) is 10.3 Å². The second kappa shape index (κ2) is 5.79. The Labute approximate surface area is 110 Å². The highest BCUT2D eigenvalue weighted by atomic mass is 16.4. The van der Waals surface area contributed by atoms with E-state index in [0.717, 1.165) is 12.8 Å². The average molecular weight is 264 g/mol. The highest BCUT2D eigenvalue weighted by Gasteiger charge is 2.24. The van der Waals surface area contributed by atoms with E-state index in [9.17, 15) is 14.7 Å². The molecular formula is C13H16N2O4. The van der Waals surface area contributed by atoms with Gasteiger partial charge in [-0.25, -0.2) is 4.79 Å². The van der Waals surface area contributed by atoms with E-state index in [1.807, 2.05) is 0 Å². The van der Waals surface area contributed by atoms with Gasteiger partial charge in [0.2, 0.25) is 0 Å². The van der Waals surface area contributed by atoms with Gasteiger partial charge in [-0.05, 0) is 37.3 Å². The molecular weight excluding hydrogens is 248 g/mol. The summed E-state index contributed by atoms with van der Waals surface area (Å²) in [5.41, 5.74) is -0.181. The van der Waals surface area contributed by atoms with E-state index in [1.54, 1.807) is 0 Å². The zero-order valence-corrected chi connectivity index (χ0v) is 10.4. The summed E-state index contributed by atoms with van der Waals surface area (Å²) < 4.78 is 0. The minimum Gasteiger partial charge on any atom is -0.478 e. The van der Waals surface area contributed by atoms with Crippen molar-refractivity contribution in [2.24, 2.45) is 5.92 Å². The standard InChI is InChI=1S/C13H16N2O4/c16-9-4-3-8(6-9)7-15-12(17)11-10(13(18)19)2-1-5-14-11/h1-2,5,8-9,16H,3-4,6-7H2,(H,15,17)(H,18,19). The number of rotatable bonds is 4. The Balaban J connectivity index is 1.98. The fourth-order valence-electron chi connectivity index (χ4n) is 2.31. The van der Waals surface area contributed by atoms with Gasteiger partial charge in [-0.1, -0.05) is 0 Å². The molecule has 0 aliphatic heterocycles. The predicted octanol–water partition coefficient (Wildman–Crippen LogP) is 0.671. The summed E-state index contributed by atoms with van der Waals surface area (Å²) in [4.78, 5) is 26.7. The molecule has 0 radical (unpaired) electrons. The lowest BCUT2D eigenvalue weighted by molar-refractivity contribution is 0.0690. The molecule has 102 valence electrons. The van der Waals surface area contributed by atoms with Crippen molar-refractivity contribution in [3.63, 3.8) is 0 Å². The van der Waals surface area contributed by atoms with Gasteiger partial charge in [0, 0.05) is 12.7 Å². The molecule has 6 nitrogen and oxygen atoms in total. The molecule has 3 N–H and O–H groups in total. The Morgan fingerprint density at radius 1 is 1.42 bits per heavy atom. The van der Waals surface area contributed by atoms with Crippen LogP contribution < -0.4 is 5.32 Å². The summed E-state index contributed by atoms with van der Waals surface area (Å²) in [7, 11) is 0. The van der Waals surface area contributed by atoms with Crippen LogP contribution in [0.4, 0.5) is 0 Å². The van der Waals surface area contributed by atoms with E-state index in [1.165, 1.54) is 18.3 Å². The third kappa shape index (κ3) is 3.29. The highest BCUT2D eigenvalue weighted by molar-refractivity contribution is 6.03. The molecule has 1 saturated carbocycles. The largest absolute Gasteiger partial charge is 0.478 e. The maximum atomic E-state index is 11.9. The first kappa shape index (κ1) is 13.5. The molecule has 0 aromatic carbocycles. The lowest BCUT2D eigenvalue weighted by Gasteiger charge is -2.11. The van der Waals surface area contributed by atoms with E-state index in [0.29, 0.717) is 13.0 Å². The van der Waals surface area contributed by atoms with Crippen molar-refractivity contribution < 1.29 is 19.8 Å². The summed E-state index contributed by atoms with van der Waals surface area (Å²) in [6, 6.07) is 2.83. The van der Waals surface area contributed by atoms with Crippen molar-refractivity contribution in [1.29, 1.82) is 0 Å². The van der Waals surface area contributed by atoms with Crippen LogP contribution in [0.15, 0.2) is 18.3 Å². The van der Waals surface area contributed by atoms with Crippen LogP contribution in [0.1, 0.15) is 40.1 Å². The molecule has 6 heteroatoms. The first-order valence-electron chi connectivity index (χ1n) is 6.22. The second-order valence-corrected chi connectivity index (χ2v) is 4.75. The molecule has 1 aromatic rings. The number of aliphatic hydroxyl groups excluding tert-OH is 1. The van der Waals surface area contributed by atoms with Gasteiger partial charge in [0.25, 0.3) is 5.91 Å². The summed E-state index contributed by atoms with van der Waals surface area (Å²) in [5.74, 6) is -1.41. The van der Waals surface area contributed by atoms with Crippen molar-refractivity contribution in [2.45, 2.75) is 25.4 Å². The Morgan fingerprint density at radius 2 is 2.21 bits per heavy atom. The van der Waals surface area contributed by atoms with E-state index >= 15 is 0 Å². The maximum absolute atomic E-state index is 11.9. The van der Waals surface area contributed by atoms with Crippen LogP contribution in [0.5, 0.6) is 0 Å². The van der Waals surface area contributed by atoms with Crippen LogP contribution in [0.2, 0.25) is 0 Å². The normalized spacial score (nSPS) is 22.2. The second-order valence-electron chi connectivity index (χ2n) is 4.75. The summed E-state index contributed by atoms with van der Waals surface area (Å²) in [6.07, 6.45) is 3.40. The number of amides is 1. The molecule has 1 fully saturated rings. The first-order chi connectivity index (χ1) is 9.08. The van der Waals surface area contributed by atoms with Crippen LogP contribution in [-0.2, 0) is 0 Å². The average Bonchev–Trinajstić information content (AvgIpc) is 2.81. The lowest BCUT2D eigenvalue weighted by Crippen LogP contribution is -2.30. The van der Waals surface area contributed by atoms with Gasteiger partial charge in [-0.3, -0.25) is 9.78 Å². The zero-order valence-electron chi connectivity index (χ0n) is 10.4. The Kier molecular flexibility index (Phi) is 4.11. The number of carbonyl (C=O) groups excluding carboxylic acids is 1. The van der Waals surface area contributed by atoms with Gasteiger partial charge in [-0.2, -0.15) is 0 Å². The van der Waals surface area contributed by atoms with Crippen LogP contribution in [0.3, 0.4) is 0 Å². The molecule has 1 aliphatic rings. The number of hydrogen-bond acceptors (Lipinski definition) is 4. The van der Waals surface area contributed by atoms with Crippen molar-refractivity contribution in [1.82, 2.24) is 10.3 Å². The van der Waals surface area contributed by atoms with Gasteiger partial charge < -0.3 is 15.5 Å². The van der Waals surface area contributed by atoms with Gasteiger partial charge >= 0.3 is 5.97 Å². The molecule has 1 aromatic heterocycles.